The molecular formula is C17H26N4O2. The van der Waals surface area contributed by atoms with Crippen LogP contribution >= 0.6 is 0 Å². The number of esters is 1. The third kappa shape index (κ3) is 5.32. The molecular weight excluding hydrogens is 292 g/mol. The van der Waals surface area contributed by atoms with Crippen molar-refractivity contribution in [2.24, 2.45) is 5.92 Å². The molecule has 0 amide bonds. The summed E-state index contributed by atoms with van der Waals surface area (Å²) < 4.78 is 5.78. The number of carbonyl (C=O) groups is 1. The molecule has 0 bridgehead atoms. The molecule has 0 spiro atoms. The van der Waals surface area contributed by atoms with Crippen LogP contribution in [-0.2, 0) is 9.53 Å². The van der Waals surface area contributed by atoms with Crippen molar-refractivity contribution >= 4 is 11.9 Å². The Hall–Kier alpha value is -1.95. The van der Waals surface area contributed by atoms with E-state index >= 15 is 0 Å². The van der Waals surface area contributed by atoms with Crippen LogP contribution in [-0.4, -0.2) is 47.7 Å². The molecule has 1 N–H and O–H groups in total. The monoisotopic (exact) mass is 318 g/mol. The fourth-order valence-corrected chi connectivity index (χ4v) is 2.73. The van der Waals surface area contributed by atoms with Crippen LogP contribution in [0.25, 0.3) is 0 Å². The molecule has 1 saturated heterocycles. The first-order chi connectivity index (χ1) is 11.0. The summed E-state index contributed by atoms with van der Waals surface area (Å²) in [4.78, 5) is 22.9. The minimum absolute atomic E-state index is 0.00338. The van der Waals surface area contributed by atoms with E-state index in [0.717, 1.165) is 25.9 Å². The van der Waals surface area contributed by atoms with Crippen molar-refractivity contribution in [1.29, 1.82) is 0 Å². The largest absolute Gasteiger partial charge is 0.458 e. The number of nitrogens with zero attached hydrogens (tertiary/aromatic N) is 3. The van der Waals surface area contributed by atoms with Crippen LogP contribution in [0.2, 0.25) is 0 Å². The Balaban J connectivity index is 1.99. The Labute approximate surface area is 138 Å². The predicted octanol–water partition coefficient (Wildman–Crippen LogP) is 1.79. The average molecular weight is 318 g/mol. The average Bonchev–Trinajstić information content (AvgIpc) is 2.55. The lowest BCUT2D eigenvalue weighted by atomic mass is 9.98. The zero-order chi connectivity index (χ0) is 16.7. The van der Waals surface area contributed by atoms with Crippen LogP contribution in [0.4, 0.5) is 5.95 Å². The fraction of sp³-hybridized carbons (Fsp3) is 0.588. The summed E-state index contributed by atoms with van der Waals surface area (Å²) in [6, 6.07) is 1.78. The standard InChI is InChI=1S/C17H26N4O2/c1-4-12-21(16-19-8-5-9-20-16)13-17(2,3)23-15(22)14-6-10-18-11-7-14/h4-5,8-9,14,18H,1,6-7,10-13H2,2-3H3. The lowest BCUT2D eigenvalue weighted by Crippen LogP contribution is -2.45. The van der Waals surface area contributed by atoms with Gasteiger partial charge in [-0.25, -0.2) is 9.97 Å². The summed E-state index contributed by atoms with van der Waals surface area (Å²) in [5.41, 5.74) is -0.621. The van der Waals surface area contributed by atoms with E-state index < -0.39 is 5.60 Å². The van der Waals surface area contributed by atoms with Gasteiger partial charge in [-0.05, 0) is 45.8 Å². The van der Waals surface area contributed by atoms with Gasteiger partial charge >= 0.3 is 5.97 Å². The van der Waals surface area contributed by atoms with Crippen molar-refractivity contribution in [3.8, 4) is 0 Å². The van der Waals surface area contributed by atoms with E-state index in [-0.39, 0.29) is 11.9 Å². The molecule has 0 atom stereocenters. The maximum atomic E-state index is 12.4. The molecule has 23 heavy (non-hydrogen) atoms. The molecule has 126 valence electrons. The highest BCUT2D eigenvalue weighted by atomic mass is 16.6. The van der Waals surface area contributed by atoms with E-state index in [4.69, 9.17) is 4.74 Å². The molecule has 0 unspecified atom stereocenters. The van der Waals surface area contributed by atoms with E-state index in [0.29, 0.717) is 19.0 Å². The van der Waals surface area contributed by atoms with Crippen LogP contribution in [0.3, 0.4) is 0 Å². The van der Waals surface area contributed by atoms with E-state index in [1.165, 1.54) is 0 Å². The highest BCUT2D eigenvalue weighted by Crippen LogP contribution is 2.21. The Morgan fingerprint density at radius 3 is 2.70 bits per heavy atom. The number of nitrogens with one attached hydrogen (secondary N) is 1. The minimum Gasteiger partial charge on any atom is -0.458 e. The zero-order valence-corrected chi connectivity index (χ0v) is 14.0. The Morgan fingerprint density at radius 1 is 1.43 bits per heavy atom. The van der Waals surface area contributed by atoms with Gasteiger partial charge in [0.15, 0.2) is 0 Å². The molecule has 1 aromatic heterocycles. The number of piperidine rings is 1. The second kappa shape index (κ2) is 8.06. The van der Waals surface area contributed by atoms with Crippen molar-refractivity contribution in [1.82, 2.24) is 15.3 Å². The van der Waals surface area contributed by atoms with E-state index in [1.807, 2.05) is 18.7 Å². The maximum Gasteiger partial charge on any atom is 0.309 e. The summed E-state index contributed by atoms with van der Waals surface area (Å²) >= 11 is 0. The van der Waals surface area contributed by atoms with Gasteiger partial charge in [0, 0.05) is 18.9 Å². The third-order valence-electron chi connectivity index (χ3n) is 3.81. The minimum atomic E-state index is -0.621. The number of ether oxygens (including phenoxy) is 1. The van der Waals surface area contributed by atoms with Gasteiger partial charge in [-0.3, -0.25) is 4.79 Å². The Bertz CT molecular complexity index is 513. The van der Waals surface area contributed by atoms with Crippen LogP contribution < -0.4 is 10.2 Å². The molecule has 0 aliphatic carbocycles. The molecule has 1 aromatic rings. The SMILES string of the molecule is C=CCN(CC(C)(C)OC(=O)C1CCNCC1)c1ncccn1. The topological polar surface area (TPSA) is 67.3 Å². The number of aromatic nitrogens is 2. The highest BCUT2D eigenvalue weighted by molar-refractivity contribution is 5.73. The summed E-state index contributed by atoms with van der Waals surface area (Å²) in [5.74, 6) is 0.499. The highest BCUT2D eigenvalue weighted by Gasteiger charge is 2.31. The molecule has 1 aliphatic heterocycles. The smallest absolute Gasteiger partial charge is 0.309 e. The van der Waals surface area contributed by atoms with Gasteiger partial charge in [-0.2, -0.15) is 0 Å². The summed E-state index contributed by atoms with van der Waals surface area (Å²) in [6.45, 7) is 10.5. The number of hydrogen-bond donors (Lipinski definition) is 1. The van der Waals surface area contributed by atoms with Crippen molar-refractivity contribution < 1.29 is 9.53 Å². The second-order valence-electron chi connectivity index (χ2n) is 6.42. The second-order valence-corrected chi connectivity index (χ2v) is 6.42. The molecule has 0 aromatic carbocycles. The van der Waals surface area contributed by atoms with Crippen LogP contribution in [0.1, 0.15) is 26.7 Å². The Kier molecular flexibility index (Phi) is 6.10. The molecule has 1 fully saturated rings. The molecule has 2 rings (SSSR count). The normalized spacial score (nSPS) is 15.9. The van der Waals surface area contributed by atoms with Gasteiger partial charge in [-0.15, -0.1) is 6.58 Å². The molecule has 2 heterocycles. The van der Waals surface area contributed by atoms with Gasteiger partial charge in [-0.1, -0.05) is 6.08 Å². The van der Waals surface area contributed by atoms with Crippen LogP contribution in [0, 0.1) is 5.92 Å². The van der Waals surface area contributed by atoms with Gasteiger partial charge in [0.1, 0.15) is 5.60 Å². The van der Waals surface area contributed by atoms with Crippen molar-refractivity contribution in [3.63, 3.8) is 0 Å². The molecule has 0 radical (unpaired) electrons. The van der Waals surface area contributed by atoms with Gasteiger partial charge < -0.3 is 15.0 Å². The van der Waals surface area contributed by atoms with Crippen molar-refractivity contribution in [3.05, 3.63) is 31.1 Å². The molecule has 6 heteroatoms. The van der Waals surface area contributed by atoms with E-state index in [2.05, 4.69) is 21.9 Å². The summed E-state index contributed by atoms with van der Waals surface area (Å²) in [5, 5.41) is 3.26. The van der Waals surface area contributed by atoms with Crippen LogP contribution in [0.15, 0.2) is 31.1 Å². The molecule has 0 saturated carbocycles. The lowest BCUT2D eigenvalue weighted by Gasteiger charge is -2.33. The summed E-state index contributed by atoms with van der Waals surface area (Å²) in [6.07, 6.45) is 6.88. The zero-order valence-electron chi connectivity index (χ0n) is 14.0. The lowest BCUT2D eigenvalue weighted by molar-refractivity contribution is -0.161. The first-order valence-corrected chi connectivity index (χ1v) is 8.08. The van der Waals surface area contributed by atoms with Crippen LogP contribution in [0.5, 0.6) is 0 Å². The molecule has 6 nitrogen and oxygen atoms in total. The molecule has 1 aliphatic rings. The first-order valence-electron chi connectivity index (χ1n) is 8.08. The fourth-order valence-electron chi connectivity index (χ4n) is 2.73. The Morgan fingerprint density at radius 2 is 2.09 bits per heavy atom. The van der Waals surface area contributed by atoms with E-state index in [9.17, 15) is 4.79 Å². The third-order valence-corrected chi connectivity index (χ3v) is 3.81. The van der Waals surface area contributed by atoms with Crippen molar-refractivity contribution in [2.75, 3.05) is 31.1 Å². The first kappa shape index (κ1) is 17.4. The predicted molar refractivity (Wildman–Crippen MR) is 90.2 cm³/mol. The quantitative estimate of drug-likeness (QED) is 0.611. The number of rotatable bonds is 7. The van der Waals surface area contributed by atoms with Gasteiger partial charge in [0.2, 0.25) is 5.95 Å². The number of anilines is 1. The number of hydrogen-bond acceptors (Lipinski definition) is 6. The van der Waals surface area contributed by atoms with Crippen molar-refractivity contribution in [2.45, 2.75) is 32.3 Å². The summed E-state index contributed by atoms with van der Waals surface area (Å²) in [7, 11) is 0. The van der Waals surface area contributed by atoms with E-state index in [1.54, 1.807) is 24.5 Å². The van der Waals surface area contributed by atoms with Gasteiger partial charge in [0.05, 0.1) is 12.5 Å². The maximum absolute atomic E-state index is 12.4. The van der Waals surface area contributed by atoms with Gasteiger partial charge in [0.25, 0.3) is 0 Å². The number of carbonyl (C=O) groups excluding carboxylic acids is 1.